The van der Waals surface area contributed by atoms with Crippen molar-refractivity contribution in [1.29, 1.82) is 0 Å². The first-order valence-corrected chi connectivity index (χ1v) is 4.00. The van der Waals surface area contributed by atoms with Crippen LogP contribution in [0.5, 0.6) is 0 Å². The van der Waals surface area contributed by atoms with Crippen molar-refractivity contribution in [3.05, 3.63) is 12.0 Å². The Morgan fingerprint density at radius 2 is 2.50 bits per heavy atom. The molecular formula is C8H12N2O2. The van der Waals surface area contributed by atoms with E-state index < -0.39 is 0 Å². The molecule has 1 atom stereocenters. The molecule has 1 aromatic heterocycles. The zero-order valence-corrected chi connectivity index (χ0v) is 7.04. The zero-order chi connectivity index (χ0) is 8.60. The molecule has 1 aliphatic rings. The van der Waals surface area contributed by atoms with Crippen LogP contribution in [0, 0.1) is 0 Å². The molecule has 2 heterocycles. The van der Waals surface area contributed by atoms with Gasteiger partial charge >= 0.3 is 0 Å². The van der Waals surface area contributed by atoms with Crippen molar-refractivity contribution in [3.8, 4) is 0 Å². The molecule has 1 aliphatic heterocycles. The van der Waals surface area contributed by atoms with Crippen LogP contribution in [0.2, 0.25) is 0 Å². The summed E-state index contributed by atoms with van der Waals surface area (Å²) < 4.78 is 10.6. The van der Waals surface area contributed by atoms with Crippen molar-refractivity contribution in [1.82, 2.24) is 4.98 Å². The molecule has 1 saturated heterocycles. The van der Waals surface area contributed by atoms with E-state index in [0.717, 1.165) is 18.8 Å². The normalized spacial score (nSPS) is 29.4. The number of hydrogen-bond donors (Lipinski definition) is 1. The monoisotopic (exact) mass is 168 g/mol. The Bertz CT molecular complexity index is 276. The lowest BCUT2D eigenvalue weighted by Crippen LogP contribution is -2.20. The van der Waals surface area contributed by atoms with Crippen molar-refractivity contribution >= 4 is 6.01 Å². The lowest BCUT2D eigenvalue weighted by molar-refractivity contribution is 0.175. The van der Waals surface area contributed by atoms with Gasteiger partial charge in [-0.15, -0.1) is 0 Å². The van der Waals surface area contributed by atoms with Crippen LogP contribution in [0.15, 0.2) is 10.6 Å². The Kier molecular flexibility index (Phi) is 1.58. The van der Waals surface area contributed by atoms with E-state index in [9.17, 15) is 0 Å². The summed E-state index contributed by atoms with van der Waals surface area (Å²) in [4.78, 5) is 3.86. The first-order valence-electron chi connectivity index (χ1n) is 4.00. The number of ether oxygens (including phenoxy) is 1. The van der Waals surface area contributed by atoms with Crippen LogP contribution in [0.3, 0.4) is 0 Å². The van der Waals surface area contributed by atoms with Gasteiger partial charge < -0.3 is 14.9 Å². The Morgan fingerprint density at radius 1 is 1.67 bits per heavy atom. The molecule has 1 unspecified atom stereocenters. The second-order valence-corrected chi connectivity index (χ2v) is 3.43. The minimum absolute atomic E-state index is 0.0232. The van der Waals surface area contributed by atoms with E-state index in [2.05, 4.69) is 11.9 Å². The molecule has 4 heteroatoms. The predicted octanol–water partition coefficient (Wildman–Crippen LogP) is 0.935. The van der Waals surface area contributed by atoms with Gasteiger partial charge in [-0.2, -0.15) is 0 Å². The molecular weight excluding hydrogens is 156 g/mol. The Hall–Kier alpha value is -1.03. The van der Waals surface area contributed by atoms with Crippen molar-refractivity contribution in [2.45, 2.75) is 18.8 Å². The molecule has 0 aromatic carbocycles. The molecule has 0 aliphatic carbocycles. The highest BCUT2D eigenvalue weighted by Gasteiger charge is 2.35. The fourth-order valence-electron chi connectivity index (χ4n) is 1.43. The number of rotatable bonds is 1. The average Bonchev–Trinajstić information content (AvgIpc) is 2.59. The molecule has 1 fully saturated rings. The Labute approximate surface area is 70.7 Å². The van der Waals surface area contributed by atoms with E-state index in [0.29, 0.717) is 6.61 Å². The molecule has 1 aromatic rings. The van der Waals surface area contributed by atoms with Crippen molar-refractivity contribution in [2.75, 3.05) is 18.9 Å². The third kappa shape index (κ3) is 1.08. The summed E-state index contributed by atoms with van der Waals surface area (Å²) in [6, 6.07) is 0.234. The van der Waals surface area contributed by atoms with Gasteiger partial charge in [0.05, 0.1) is 18.2 Å². The minimum atomic E-state index is -0.0232. The largest absolute Gasteiger partial charge is 0.428 e. The highest BCUT2D eigenvalue weighted by Crippen LogP contribution is 2.33. The van der Waals surface area contributed by atoms with Gasteiger partial charge in [0.15, 0.2) is 0 Å². The maximum Gasteiger partial charge on any atom is 0.292 e. The van der Waals surface area contributed by atoms with E-state index in [1.54, 1.807) is 6.20 Å². The summed E-state index contributed by atoms with van der Waals surface area (Å²) in [5.74, 6) is 0.831. The summed E-state index contributed by atoms with van der Waals surface area (Å²) in [6.45, 7) is 3.58. The number of oxazole rings is 1. The van der Waals surface area contributed by atoms with Gasteiger partial charge in [-0.05, 0) is 6.42 Å². The molecule has 2 N–H and O–H groups in total. The highest BCUT2D eigenvalue weighted by atomic mass is 16.5. The standard InChI is InChI=1S/C8H12N2O2/c1-8(2-3-11-5-8)6-4-10-7(9)12-6/h4H,2-3,5H2,1H3,(H2,9,10). The SMILES string of the molecule is CC1(c2cnc(N)o2)CCOC1. The second-order valence-electron chi connectivity index (χ2n) is 3.43. The van der Waals surface area contributed by atoms with Crippen molar-refractivity contribution < 1.29 is 9.15 Å². The maximum atomic E-state index is 5.39. The number of aromatic nitrogens is 1. The topological polar surface area (TPSA) is 61.3 Å². The molecule has 0 bridgehead atoms. The Balaban J connectivity index is 2.28. The molecule has 0 saturated carbocycles. The molecule has 2 rings (SSSR count). The second kappa shape index (κ2) is 2.48. The van der Waals surface area contributed by atoms with Gasteiger partial charge in [-0.3, -0.25) is 0 Å². The highest BCUT2D eigenvalue weighted by molar-refractivity contribution is 5.18. The van der Waals surface area contributed by atoms with Crippen LogP contribution in [0.4, 0.5) is 6.01 Å². The van der Waals surface area contributed by atoms with Crippen molar-refractivity contribution in [3.63, 3.8) is 0 Å². The number of nitrogen functional groups attached to an aromatic ring is 1. The minimum Gasteiger partial charge on any atom is -0.428 e. The third-order valence-electron chi connectivity index (χ3n) is 2.34. The lowest BCUT2D eigenvalue weighted by atomic mass is 9.88. The van der Waals surface area contributed by atoms with Gasteiger partial charge in [0, 0.05) is 6.61 Å². The first-order chi connectivity index (χ1) is 5.71. The number of nitrogens with zero attached hydrogens (tertiary/aromatic N) is 1. The van der Waals surface area contributed by atoms with Crippen LogP contribution in [0.1, 0.15) is 19.1 Å². The summed E-state index contributed by atoms with van der Waals surface area (Å²) in [6.07, 6.45) is 2.66. The average molecular weight is 168 g/mol. The van der Waals surface area contributed by atoms with E-state index in [1.807, 2.05) is 0 Å². The van der Waals surface area contributed by atoms with E-state index in [1.165, 1.54) is 0 Å². The van der Waals surface area contributed by atoms with E-state index >= 15 is 0 Å². The van der Waals surface area contributed by atoms with Crippen molar-refractivity contribution in [2.24, 2.45) is 0 Å². The molecule has 0 radical (unpaired) electrons. The summed E-state index contributed by atoms with van der Waals surface area (Å²) in [7, 11) is 0. The number of anilines is 1. The van der Waals surface area contributed by atoms with Gasteiger partial charge in [-0.1, -0.05) is 6.92 Å². The molecule has 0 amide bonds. The number of hydrogen-bond acceptors (Lipinski definition) is 4. The van der Waals surface area contributed by atoms with Crippen LogP contribution >= 0.6 is 0 Å². The molecule has 4 nitrogen and oxygen atoms in total. The van der Waals surface area contributed by atoms with Crippen LogP contribution < -0.4 is 5.73 Å². The van der Waals surface area contributed by atoms with Crippen LogP contribution in [-0.2, 0) is 10.2 Å². The Morgan fingerprint density at radius 3 is 3.00 bits per heavy atom. The quantitative estimate of drug-likeness (QED) is 0.677. The summed E-state index contributed by atoms with van der Waals surface area (Å²) >= 11 is 0. The van der Waals surface area contributed by atoms with Gasteiger partial charge in [0.1, 0.15) is 5.76 Å². The maximum absolute atomic E-state index is 5.39. The fraction of sp³-hybridized carbons (Fsp3) is 0.625. The smallest absolute Gasteiger partial charge is 0.292 e. The van der Waals surface area contributed by atoms with E-state index in [-0.39, 0.29) is 11.4 Å². The van der Waals surface area contributed by atoms with Gasteiger partial charge in [0.25, 0.3) is 6.01 Å². The fourth-order valence-corrected chi connectivity index (χ4v) is 1.43. The van der Waals surface area contributed by atoms with E-state index in [4.69, 9.17) is 14.9 Å². The molecule has 66 valence electrons. The van der Waals surface area contributed by atoms with Crippen LogP contribution in [0.25, 0.3) is 0 Å². The van der Waals surface area contributed by atoms with Crippen LogP contribution in [-0.4, -0.2) is 18.2 Å². The summed E-state index contributed by atoms with van der Waals surface area (Å²) in [5, 5.41) is 0. The van der Waals surface area contributed by atoms with Gasteiger partial charge in [0.2, 0.25) is 0 Å². The zero-order valence-electron chi connectivity index (χ0n) is 7.04. The predicted molar refractivity (Wildman–Crippen MR) is 43.7 cm³/mol. The molecule has 0 spiro atoms. The number of nitrogens with two attached hydrogens (primary N) is 1. The first kappa shape index (κ1) is 7.61. The third-order valence-corrected chi connectivity index (χ3v) is 2.34. The summed E-state index contributed by atoms with van der Waals surface area (Å²) in [5.41, 5.74) is 5.36. The lowest BCUT2D eigenvalue weighted by Gasteiger charge is -2.16. The molecule has 12 heavy (non-hydrogen) atoms. The van der Waals surface area contributed by atoms with Gasteiger partial charge in [-0.25, -0.2) is 4.98 Å².